The lowest BCUT2D eigenvalue weighted by Gasteiger charge is -2.31. The summed E-state index contributed by atoms with van der Waals surface area (Å²) in [6.45, 7) is 6.74. The highest BCUT2D eigenvalue weighted by Crippen LogP contribution is 2.28. The minimum absolute atomic E-state index is 0.0808. The number of amides is 2. The molecular weight excluding hydrogens is 448 g/mol. The fourth-order valence-corrected chi connectivity index (χ4v) is 4.89. The van der Waals surface area contributed by atoms with E-state index in [0.29, 0.717) is 12.2 Å². The largest absolute Gasteiger partial charge is 0.351 e. The fraction of sp³-hybridized carbons (Fsp3) is 0.407. The molecule has 0 spiro atoms. The molecule has 1 saturated heterocycles. The molecule has 0 radical (unpaired) electrons. The number of carbonyl (C=O) groups excluding carboxylic acids is 2. The number of hydrogen-bond donors (Lipinski definition) is 3. The second kappa shape index (κ2) is 10.7. The molecule has 0 aromatic heterocycles. The Morgan fingerprint density at radius 1 is 1.18 bits per heavy atom. The van der Waals surface area contributed by atoms with Crippen molar-refractivity contribution >= 4 is 29.1 Å². The summed E-state index contributed by atoms with van der Waals surface area (Å²) in [4.78, 5) is 26.9. The average Bonchev–Trinajstić information content (AvgIpc) is 3.12. The molecule has 6 nitrogen and oxygen atoms in total. The molecule has 2 aromatic carbocycles. The summed E-state index contributed by atoms with van der Waals surface area (Å²) >= 11 is 6.11. The van der Waals surface area contributed by atoms with Crippen molar-refractivity contribution in [1.82, 2.24) is 15.5 Å². The van der Waals surface area contributed by atoms with Crippen molar-refractivity contribution in [3.63, 3.8) is 0 Å². The molecule has 2 atom stereocenters. The Morgan fingerprint density at radius 3 is 2.74 bits per heavy atom. The van der Waals surface area contributed by atoms with Crippen LogP contribution in [0, 0.1) is 0 Å². The van der Waals surface area contributed by atoms with Crippen LogP contribution in [0.15, 0.2) is 60.3 Å². The maximum Gasteiger partial charge on any atom is 0.277 e. The van der Waals surface area contributed by atoms with Crippen LogP contribution >= 0.6 is 11.6 Å². The lowest BCUT2D eigenvalue weighted by molar-refractivity contribution is -0.140. The van der Waals surface area contributed by atoms with Gasteiger partial charge in [0.15, 0.2) is 0 Å². The number of anilines is 1. The quantitative estimate of drug-likeness (QED) is 0.469. The standard InChI is InChI=1S/C27H33ClN4O2/c1-3-27(2,30-14-12-19-7-4-9-21(28)15-19)20-8-5-10-22(16-20)31-24-17-25(33)32(26(24)34)23-11-6-13-29-18-23/h4-5,7-10,15-17,23,29-31H,3,6,11-14,18H2,1-2H3. The van der Waals surface area contributed by atoms with Crippen molar-refractivity contribution in [2.24, 2.45) is 0 Å². The van der Waals surface area contributed by atoms with E-state index in [-0.39, 0.29) is 23.4 Å². The molecule has 180 valence electrons. The van der Waals surface area contributed by atoms with E-state index in [1.165, 1.54) is 16.5 Å². The van der Waals surface area contributed by atoms with Crippen LogP contribution in [0.4, 0.5) is 5.69 Å². The van der Waals surface area contributed by atoms with Gasteiger partial charge >= 0.3 is 0 Å². The number of nitrogens with zero attached hydrogens (tertiary/aromatic N) is 1. The van der Waals surface area contributed by atoms with Crippen LogP contribution in [0.5, 0.6) is 0 Å². The van der Waals surface area contributed by atoms with Gasteiger partial charge in [-0.3, -0.25) is 14.5 Å². The first-order valence-corrected chi connectivity index (χ1v) is 12.4. The van der Waals surface area contributed by atoms with Crippen LogP contribution in [0.2, 0.25) is 5.02 Å². The number of imide groups is 1. The molecule has 1 fully saturated rings. The van der Waals surface area contributed by atoms with Gasteiger partial charge in [0.05, 0.1) is 6.04 Å². The molecule has 2 aromatic rings. The van der Waals surface area contributed by atoms with Gasteiger partial charge in [0.2, 0.25) is 0 Å². The molecule has 3 N–H and O–H groups in total. The highest BCUT2D eigenvalue weighted by Gasteiger charge is 2.37. The van der Waals surface area contributed by atoms with Gasteiger partial charge in [-0.2, -0.15) is 0 Å². The number of benzene rings is 2. The number of nitrogens with one attached hydrogen (secondary N) is 3. The Morgan fingerprint density at radius 2 is 2.00 bits per heavy atom. The van der Waals surface area contributed by atoms with Gasteiger partial charge in [0.1, 0.15) is 5.70 Å². The molecule has 7 heteroatoms. The molecule has 0 bridgehead atoms. The summed E-state index contributed by atoms with van der Waals surface area (Å²) in [5.74, 6) is -0.486. The second-order valence-corrected chi connectivity index (χ2v) is 9.71. The Hall–Kier alpha value is -2.67. The van der Waals surface area contributed by atoms with Crippen LogP contribution in [0.3, 0.4) is 0 Å². The van der Waals surface area contributed by atoms with Gasteiger partial charge < -0.3 is 16.0 Å². The average molecular weight is 481 g/mol. The summed E-state index contributed by atoms with van der Waals surface area (Å²) in [5.41, 5.74) is 3.21. The molecule has 2 heterocycles. The Balaban J connectivity index is 1.42. The van der Waals surface area contributed by atoms with Gasteiger partial charge in [0, 0.05) is 28.9 Å². The van der Waals surface area contributed by atoms with Gasteiger partial charge in [0.25, 0.3) is 11.8 Å². The van der Waals surface area contributed by atoms with E-state index in [9.17, 15) is 9.59 Å². The SMILES string of the molecule is CCC(C)(NCCc1cccc(Cl)c1)c1cccc(NC2=CC(=O)N(C3CCCNC3)C2=O)c1. The Bertz CT molecular complexity index is 1080. The van der Waals surface area contributed by atoms with Gasteiger partial charge in [-0.05, 0) is 81.1 Å². The topological polar surface area (TPSA) is 73.5 Å². The highest BCUT2D eigenvalue weighted by molar-refractivity contribution is 6.30. The molecule has 2 unspecified atom stereocenters. The van der Waals surface area contributed by atoms with Gasteiger partial charge in [-0.15, -0.1) is 0 Å². The smallest absolute Gasteiger partial charge is 0.277 e. The number of rotatable bonds is 9. The first-order valence-electron chi connectivity index (χ1n) is 12.1. The number of halogens is 1. The fourth-order valence-electron chi connectivity index (χ4n) is 4.68. The summed E-state index contributed by atoms with van der Waals surface area (Å²) in [7, 11) is 0. The van der Waals surface area contributed by atoms with E-state index in [2.05, 4.69) is 48.0 Å². The third kappa shape index (κ3) is 5.52. The van der Waals surface area contributed by atoms with Crippen LogP contribution in [0.25, 0.3) is 0 Å². The minimum atomic E-state index is -0.248. The van der Waals surface area contributed by atoms with Crippen molar-refractivity contribution in [2.75, 3.05) is 25.0 Å². The van der Waals surface area contributed by atoms with Crippen LogP contribution in [-0.4, -0.2) is 42.4 Å². The number of hydrogen-bond acceptors (Lipinski definition) is 5. The highest BCUT2D eigenvalue weighted by atomic mass is 35.5. The van der Waals surface area contributed by atoms with E-state index >= 15 is 0 Å². The first kappa shape index (κ1) is 24.5. The molecule has 2 aliphatic rings. The number of piperidine rings is 1. The zero-order chi connectivity index (χ0) is 24.1. The molecule has 4 rings (SSSR count). The summed E-state index contributed by atoms with van der Waals surface area (Å²) in [5, 5.41) is 10.9. The lowest BCUT2D eigenvalue weighted by atomic mass is 9.88. The van der Waals surface area contributed by atoms with Crippen molar-refractivity contribution in [3.05, 3.63) is 76.5 Å². The third-order valence-corrected chi connectivity index (χ3v) is 7.13. The number of carbonyl (C=O) groups is 2. The summed E-state index contributed by atoms with van der Waals surface area (Å²) < 4.78 is 0. The maximum absolute atomic E-state index is 13.0. The van der Waals surface area contributed by atoms with Crippen LogP contribution in [0.1, 0.15) is 44.2 Å². The third-order valence-electron chi connectivity index (χ3n) is 6.89. The zero-order valence-corrected chi connectivity index (χ0v) is 20.6. The lowest BCUT2D eigenvalue weighted by Crippen LogP contribution is -2.49. The van der Waals surface area contributed by atoms with Crippen molar-refractivity contribution in [1.29, 1.82) is 0 Å². The summed E-state index contributed by atoms with van der Waals surface area (Å²) in [6.07, 6.45) is 5.01. The predicted octanol–water partition coefficient (Wildman–Crippen LogP) is 4.21. The van der Waals surface area contributed by atoms with E-state index in [0.717, 1.165) is 55.0 Å². The molecule has 0 saturated carbocycles. The Kier molecular flexibility index (Phi) is 7.71. The van der Waals surface area contributed by atoms with E-state index in [1.807, 2.05) is 30.3 Å². The molecule has 2 aliphatic heterocycles. The normalized spacial score (nSPS) is 20.3. The van der Waals surface area contributed by atoms with E-state index in [1.54, 1.807) is 0 Å². The Labute approximate surface area is 206 Å². The van der Waals surface area contributed by atoms with E-state index < -0.39 is 0 Å². The van der Waals surface area contributed by atoms with Crippen LogP contribution < -0.4 is 16.0 Å². The van der Waals surface area contributed by atoms with Gasteiger partial charge in [-0.25, -0.2) is 0 Å². The predicted molar refractivity (Wildman–Crippen MR) is 137 cm³/mol. The zero-order valence-electron chi connectivity index (χ0n) is 19.9. The van der Waals surface area contributed by atoms with Crippen LogP contribution in [-0.2, 0) is 21.5 Å². The summed E-state index contributed by atoms with van der Waals surface area (Å²) in [6, 6.07) is 15.9. The van der Waals surface area contributed by atoms with Crippen molar-refractivity contribution < 1.29 is 9.59 Å². The maximum atomic E-state index is 13.0. The second-order valence-electron chi connectivity index (χ2n) is 9.27. The molecular formula is C27H33ClN4O2. The monoisotopic (exact) mass is 480 g/mol. The minimum Gasteiger partial charge on any atom is -0.351 e. The van der Waals surface area contributed by atoms with Crippen molar-refractivity contribution in [3.8, 4) is 0 Å². The molecule has 34 heavy (non-hydrogen) atoms. The first-order chi connectivity index (χ1) is 16.4. The van der Waals surface area contributed by atoms with E-state index in [4.69, 9.17) is 11.6 Å². The molecule has 0 aliphatic carbocycles. The van der Waals surface area contributed by atoms with Gasteiger partial charge in [-0.1, -0.05) is 42.8 Å². The van der Waals surface area contributed by atoms with Crippen molar-refractivity contribution in [2.45, 2.75) is 51.1 Å². The molecule has 2 amide bonds.